The topological polar surface area (TPSA) is 126 Å². The van der Waals surface area contributed by atoms with Gasteiger partial charge in [0.25, 0.3) is 5.91 Å². The quantitative estimate of drug-likeness (QED) is 0.448. The zero-order valence-electron chi connectivity index (χ0n) is 17.8. The molecule has 32 heavy (non-hydrogen) atoms. The van der Waals surface area contributed by atoms with Crippen LogP contribution < -0.4 is 10.6 Å². The van der Waals surface area contributed by atoms with Crippen molar-refractivity contribution in [2.75, 3.05) is 11.1 Å². The number of carbonyl (C=O) groups is 3. The predicted octanol–water partition coefficient (Wildman–Crippen LogP) is 3.04. The minimum atomic E-state index is -1.06. The number of aryl methyl sites for hydroxylation is 1. The van der Waals surface area contributed by atoms with Crippen molar-refractivity contribution in [2.24, 2.45) is 7.05 Å². The summed E-state index contributed by atoms with van der Waals surface area (Å²) in [6.45, 7) is 3.69. The second-order valence-corrected chi connectivity index (χ2v) is 8.08. The molecular weight excluding hydrogens is 430 g/mol. The lowest BCUT2D eigenvalue weighted by Crippen LogP contribution is -2.29. The molecule has 10 heteroatoms. The maximum absolute atomic E-state index is 12.6. The first-order valence-electron chi connectivity index (χ1n) is 9.78. The molecule has 166 valence electrons. The monoisotopic (exact) mass is 453 g/mol. The number of carboxylic acid groups (broad SMARTS) is 1. The average Bonchev–Trinajstić information content (AvgIpc) is 3.13. The second kappa shape index (κ2) is 10.1. The van der Waals surface area contributed by atoms with Crippen LogP contribution in [0, 0.1) is 6.92 Å². The number of hydrogen-bond donors (Lipinski definition) is 3. The zero-order chi connectivity index (χ0) is 23.3. The molecular formula is C22H23N5O4S. The molecule has 3 aromatic rings. The van der Waals surface area contributed by atoms with Crippen LogP contribution in [0.15, 0.2) is 53.7 Å². The molecule has 1 aromatic heterocycles. The average molecular weight is 454 g/mol. The summed E-state index contributed by atoms with van der Waals surface area (Å²) < 4.78 is 1.73. The summed E-state index contributed by atoms with van der Waals surface area (Å²) in [5, 5.41) is 23.4. The second-order valence-electron chi connectivity index (χ2n) is 7.13. The van der Waals surface area contributed by atoms with Gasteiger partial charge in [-0.25, -0.2) is 4.79 Å². The SMILES string of the molecule is Cc1ccccc1C(=O)N[C@H](C)c1nnc(SCC(=O)Nc2cccc(C(=O)O)c2)n1C. The minimum Gasteiger partial charge on any atom is -0.478 e. The fraction of sp³-hybridized carbons (Fsp3) is 0.227. The lowest BCUT2D eigenvalue weighted by atomic mass is 10.1. The highest BCUT2D eigenvalue weighted by atomic mass is 32.2. The van der Waals surface area contributed by atoms with Crippen LogP contribution in [0.5, 0.6) is 0 Å². The highest BCUT2D eigenvalue weighted by molar-refractivity contribution is 7.99. The number of amides is 2. The van der Waals surface area contributed by atoms with Crippen LogP contribution in [0.3, 0.4) is 0 Å². The molecule has 1 atom stereocenters. The Morgan fingerprint density at radius 1 is 1.12 bits per heavy atom. The largest absolute Gasteiger partial charge is 0.478 e. The number of aromatic carboxylic acids is 1. The fourth-order valence-electron chi connectivity index (χ4n) is 3.05. The van der Waals surface area contributed by atoms with E-state index in [1.165, 1.54) is 23.9 Å². The van der Waals surface area contributed by atoms with Gasteiger partial charge in [0.15, 0.2) is 11.0 Å². The van der Waals surface area contributed by atoms with Gasteiger partial charge in [-0.2, -0.15) is 0 Å². The van der Waals surface area contributed by atoms with E-state index in [4.69, 9.17) is 5.11 Å². The van der Waals surface area contributed by atoms with E-state index in [-0.39, 0.29) is 29.2 Å². The molecule has 3 rings (SSSR count). The van der Waals surface area contributed by atoms with E-state index in [1.54, 1.807) is 29.8 Å². The van der Waals surface area contributed by atoms with Gasteiger partial charge in [-0.05, 0) is 43.7 Å². The minimum absolute atomic E-state index is 0.0627. The van der Waals surface area contributed by atoms with Crippen molar-refractivity contribution in [3.63, 3.8) is 0 Å². The fourth-order valence-corrected chi connectivity index (χ4v) is 3.77. The number of nitrogens with zero attached hydrogens (tertiary/aromatic N) is 3. The maximum atomic E-state index is 12.6. The van der Waals surface area contributed by atoms with Crippen molar-refractivity contribution >= 4 is 35.2 Å². The maximum Gasteiger partial charge on any atom is 0.335 e. The Morgan fingerprint density at radius 2 is 1.88 bits per heavy atom. The molecule has 0 aliphatic carbocycles. The van der Waals surface area contributed by atoms with Crippen molar-refractivity contribution in [1.29, 1.82) is 0 Å². The Morgan fingerprint density at radius 3 is 2.59 bits per heavy atom. The van der Waals surface area contributed by atoms with E-state index in [0.29, 0.717) is 22.2 Å². The molecule has 0 saturated carbocycles. The van der Waals surface area contributed by atoms with Crippen molar-refractivity contribution < 1.29 is 19.5 Å². The molecule has 0 spiro atoms. The molecule has 0 saturated heterocycles. The summed E-state index contributed by atoms with van der Waals surface area (Å²) in [5.41, 5.74) is 1.97. The van der Waals surface area contributed by atoms with Crippen LogP contribution in [0.1, 0.15) is 45.1 Å². The van der Waals surface area contributed by atoms with E-state index in [2.05, 4.69) is 20.8 Å². The van der Waals surface area contributed by atoms with Crippen LogP contribution >= 0.6 is 11.8 Å². The number of rotatable bonds is 8. The van der Waals surface area contributed by atoms with E-state index in [1.807, 2.05) is 32.0 Å². The summed E-state index contributed by atoms with van der Waals surface area (Å²) in [6.07, 6.45) is 0. The highest BCUT2D eigenvalue weighted by Crippen LogP contribution is 2.20. The summed E-state index contributed by atoms with van der Waals surface area (Å²) in [7, 11) is 1.77. The summed E-state index contributed by atoms with van der Waals surface area (Å²) >= 11 is 1.19. The summed E-state index contributed by atoms with van der Waals surface area (Å²) in [6, 6.07) is 13.0. The number of nitrogens with one attached hydrogen (secondary N) is 2. The Kier molecular flexibility index (Phi) is 7.26. The third kappa shape index (κ3) is 5.52. The molecule has 2 aromatic carbocycles. The number of carbonyl (C=O) groups excluding carboxylic acids is 2. The summed E-state index contributed by atoms with van der Waals surface area (Å²) in [4.78, 5) is 35.9. The van der Waals surface area contributed by atoms with Crippen molar-refractivity contribution in [3.8, 4) is 0 Å². The Hall–Kier alpha value is -3.66. The van der Waals surface area contributed by atoms with E-state index in [0.717, 1.165) is 5.56 Å². The van der Waals surface area contributed by atoms with Crippen LogP contribution in [0.25, 0.3) is 0 Å². The van der Waals surface area contributed by atoms with Gasteiger partial charge in [-0.15, -0.1) is 10.2 Å². The number of hydrogen-bond acceptors (Lipinski definition) is 6. The van der Waals surface area contributed by atoms with Crippen molar-refractivity contribution in [1.82, 2.24) is 20.1 Å². The molecule has 1 heterocycles. The van der Waals surface area contributed by atoms with Crippen LogP contribution in [0.4, 0.5) is 5.69 Å². The molecule has 2 amide bonds. The lowest BCUT2D eigenvalue weighted by molar-refractivity contribution is -0.113. The van der Waals surface area contributed by atoms with Gasteiger partial charge in [0.05, 0.1) is 17.4 Å². The molecule has 0 radical (unpaired) electrons. The van der Waals surface area contributed by atoms with Gasteiger partial charge in [0, 0.05) is 18.3 Å². The van der Waals surface area contributed by atoms with E-state index >= 15 is 0 Å². The van der Waals surface area contributed by atoms with Crippen molar-refractivity contribution in [3.05, 3.63) is 71.0 Å². The van der Waals surface area contributed by atoms with Crippen LogP contribution in [-0.2, 0) is 11.8 Å². The van der Waals surface area contributed by atoms with E-state index < -0.39 is 5.97 Å². The normalized spacial score (nSPS) is 11.6. The van der Waals surface area contributed by atoms with Gasteiger partial charge < -0.3 is 20.3 Å². The molecule has 0 aliphatic rings. The Bertz CT molecular complexity index is 1160. The molecule has 3 N–H and O–H groups in total. The molecule has 9 nitrogen and oxygen atoms in total. The molecule has 0 unspecified atom stereocenters. The predicted molar refractivity (Wildman–Crippen MR) is 121 cm³/mol. The van der Waals surface area contributed by atoms with Gasteiger partial charge in [0.1, 0.15) is 0 Å². The summed E-state index contributed by atoms with van der Waals surface area (Å²) in [5.74, 6) is -0.943. The first kappa shape index (κ1) is 23.0. The molecule has 0 aliphatic heterocycles. The van der Waals surface area contributed by atoms with Gasteiger partial charge in [-0.3, -0.25) is 9.59 Å². The number of thioether (sulfide) groups is 1. The standard InChI is InChI=1S/C22H23N5O4S/c1-13-7-4-5-10-17(13)20(29)23-14(2)19-25-26-22(27(19)3)32-12-18(28)24-16-9-6-8-15(11-16)21(30)31/h4-11,14H,12H2,1-3H3,(H,23,29)(H,24,28)(H,30,31)/t14-/m1/s1. The smallest absolute Gasteiger partial charge is 0.335 e. The van der Waals surface area contributed by atoms with E-state index in [9.17, 15) is 14.4 Å². The first-order valence-corrected chi connectivity index (χ1v) is 10.8. The van der Waals surface area contributed by atoms with Gasteiger partial charge >= 0.3 is 5.97 Å². The molecule has 0 fully saturated rings. The number of carboxylic acids is 1. The molecule has 0 bridgehead atoms. The van der Waals surface area contributed by atoms with Crippen molar-refractivity contribution in [2.45, 2.75) is 25.0 Å². The Balaban J connectivity index is 1.59. The van der Waals surface area contributed by atoms with Crippen LogP contribution in [0.2, 0.25) is 0 Å². The lowest BCUT2D eigenvalue weighted by Gasteiger charge is -2.14. The van der Waals surface area contributed by atoms with Gasteiger partial charge in [-0.1, -0.05) is 36.0 Å². The van der Waals surface area contributed by atoms with Gasteiger partial charge in [0.2, 0.25) is 5.91 Å². The zero-order valence-corrected chi connectivity index (χ0v) is 18.6. The highest BCUT2D eigenvalue weighted by Gasteiger charge is 2.19. The number of anilines is 1. The Labute approximate surface area is 189 Å². The number of aromatic nitrogens is 3. The third-order valence-electron chi connectivity index (χ3n) is 4.72. The first-order chi connectivity index (χ1) is 15.3. The number of benzene rings is 2. The third-order valence-corrected chi connectivity index (χ3v) is 5.74. The van der Waals surface area contributed by atoms with Crippen LogP contribution in [-0.4, -0.2) is 43.4 Å².